The Morgan fingerprint density at radius 3 is 1.15 bits per heavy atom. The molecule has 0 aliphatic carbocycles. The van der Waals surface area contributed by atoms with Crippen molar-refractivity contribution in [2.45, 2.75) is 101 Å². The van der Waals surface area contributed by atoms with Gasteiger partial charge in [0.15, 0.2) is 27.2 Å². The number of benzene rings is 6. The molecule has 13 heteroatoms. The van der Waals surface area contributed by atoms with Crippen molar-refractivity contribution in [3.63, 3.8) is 0 Å². The average Bonchev–Trinajstić information content (AvgIpc) is 3.48. The van der Waals surface area contributed by atoms with Gasteiger partial charge in [-0.25, -0.2) is 0 Å². The summed E-state index contributed by atoms with van der Waals surface area (Å²) in [5.74, 6) is 6.99. The van der Waals surface area contributed by atoms with Crippen LogP contribution in [-0.2, 0) is 42.6 Å². The number of rotatable bonds is 30. The lowest BCUT2D eigenvalue weighted by Crippen LogP contribution is -2.40. The van der Waals surface area contributed by atoms with Crippen molar-refractivity contribution in [1.29, 1.82) is 0 Å². The first-order valence-corrected chi connectivity index (χ1v) is 27.4. The standard InChI is InChI=1S/C33H42O6.C32H40O7/c1-5-6-8-25-10-14-27(15-11-25)36-20-7-9-31-30-19-18-29(39-24-35-4)21-32(30)37-22-33(31,2)26-12-16-28(17-13-26)38-23-34-3;1-32(25-10-14-27(15-11-25)38-22-34-2)21-37-31-20-28(39-23-35-3)16-17-29(31)30(32)7-5-19-36-26-12-8-24(9-13-26)6-4-18-33/h10-19,21,31H,5-9,20,22-24H2,1-4H3;8-17,20,30,33H,4-7,18-19,21-23H2,1-3H3. The van der Waals surface area contributed by atoms with E-state index in [0.717, 1.165) is 90.9 Å². The molecule has 4 unspecified atom stereocenters. The maximum atomic E-state index is 9.04. The second kappa shape index (κ2) is 30.6. The Balaban J connectivity index is 0.000000226. The minimum Gasteiger partial charge on any atom is -0.494 e. The predicted molar refractivity (Wildman–Crippen MR) is 303 cm³/mol. The van der Waals surface area contributed by atoms with Gasteiger partial charge in [-0.1, -0.05) is 87.9 Å². The molecule has 0 saturated heterocycles. The average molecular weight is 1070 g/mol. The molecule has 13 nitrogen and oxygen atoms in total. The minimum absolute atomic E-state index is 0.192. The summed E-state index contributed by atoms with van der Waals surface area (Å²) in [5, 5.41) is 9.04. The summed E-state index contributed by atoms with van der Waals surface area (Å²) in [7, 11) is 6.45. The van der Waals surface area contributed by atoms with Crippen LogP contribution in [0.5, 0.6) is 46.0 Å². The van der Waals surface area contributed by atoms with Crippen molar-refractivity contribution >= 4 is 0 Å². The molecule has 4 atom stereocenters. The first kappa shape index (κ1) is 59.2. The molecular weight excluding hydrogens is 989 g/mol. The van der Waals surface area contributed by atoms with Crippen molar-refractivity contribution in [3.05, 3.63) is 167 Å². The van der Waals surface area contributed by atoms with Crippen molar-refractivity contribution in [3.8, 4) is 46.0 Å². The molecule has 2 aliphatic rings. The van der Waals surface area contributed by atoms with Gasteiger partial charge in [-0.15, -0.1) is 0 Å². The maximum absolute atomic E-state index is 9.04. The zero-order valence-electron chi connectivity index (χ0n) is 46.9. The predicted octanol–water partition coefficient (Wildman–Crippen LogP) is 13.2. The third-order valence-electron chi connectivity index (χ3n) is 14.8. The molecule has 0 bridgehead atoms. The second-order valence-electron chi connectivity index (χ2n) is 20.4. The van der Waals surface area contributed by atoms with E-state index in [1.165, 1.54) is 46.2 Å². The van der Waals surface area contributed by atoms with Crippen LogP contribution in [0.2, 0.25) is 0 Å². The molecule has 2 heterocycles. The molecule has 0 amide bonds. The van der Waals surface area contributed by atoms with Gasteiger partial charge in [0.2, 0.25) is 0 Å². The zero-order chi connectivity index (χ0) is 55.0. The van der Waals surface area contributed by atoms with Crippen LogP contribution < -0.4 is 37.9 Å². The Morgan fingerprint density at radius 1 is 0.436 bits per heavy atom. The Morgan fingerprint density at radius 2 is 0.782 bits per heavy atom. The van der Waals surface area contributed by atoms with Crippen LogP contribution in [0.1, 0.15) is 111 Å². The van der Waals surface area contributed by atoms with Crippen LogP contribution in [0.25, 0.3) is 0 Å². The molecule has 0 aromatic heterocycles. The summed E-state index contributed by atoms with van der Waals surface area (Å²) in [6, 6.07) is 45.4. The largest absolute Gasteiger partial charge is 0.494 e. The topological polar surface area (TPSA) is 131 Å². The van der Waals surface area contributed by atoms with Crippen LogP contribution in [-0.4, -0.2) is 93.8 Å². The highest BCUT2D eigenvalue weighted by Crippen LogP contribution is 2.51. The lowest BCUT2D eigenvalue weighted by molar-refractivity contribution is 0.0504. The fourth-order valence-electron chi connectivity index (χ4n) is 10.4. The van der Waals surface area contributed by atoms with E-state index in [2.05, 4.69) is 93.6 Å². The molecule has 8 rings (SSSR count). The Kier molecular flexibility index (Phi) is 23.2. The van der Waals surface area contributed by atoms with Crippen molar-refractivity contribution in [1.82, 2.24) is 0 Å². The number of ether oxygens (including phenoxy) is 12. The lowest BCUT2D eigenvalue weighted by Gasteiger charge is -2.43. The molecule has 2 aliphatic heterocycles. The van der Waals surface area contributed by atoms with Crippen molar-refractivity contribution in [2.75, 3.05) is 88.6 Å². The van der Waals surface area contributed by atoms with Gasteiger partial charge in [-0.05, 0) is 145 Å². The highest BCUT2D eigenvalue weighted by Gasteiger charge is 2.44. The number of aliphatic hydroxyl groups is 1. The molecule has 1 N–H and O–H groups in total. The third-order valence-corrected chi connectivity index (χ3v) is 14.8. The number of hydrogen-bond acceptors (Lipinski definition) is 13. The zero-order valence-corrected chi connectivity index (χ0v) is 46.9. The summed E-state index contributed by atoms with van der Waals surface area (Å²) in [6.07, 6.45) is 8.90. The number of methoxy groups -OCH3 is 4. The first-order chi connectivity index (χ1) is 38.1. The van der Waals surface area contributed by atoms with Crippen LogP contribution in [0.3, 0.4) is 0 Å². The molecule has 0 spiro atoms. The number of fused-ring (bicyclic) bond motifs is 2. The molecule has 0 saturated carbocycles. The first-order valence-electron chi connectivity index (χ1n) is 27.4. The molecular formula is C65H82O13. The summed E-state index contributed by atoms with van der Waals surface area (Å²) >= 11 is 0. The number of unbranched alkanes of at least 4 members (excludes halogenated alkanes) is 1. The number of hydrogen-bond donors (Lipinski definition) is 1. The fourth-order valence-corrected chi connectivity index (χ4v) is 10.4. The van der Waals surface area contributed by atoms with Gasteiger partial charge >= 0.3 is 0 Å². The molecule has 6 aromatic rings. The normalized spacial score (nSPS) is 18.2. The maximum Gasteiger partial charge on any atom is 0.188 e. The summed E-state index contributed by atoms with van der Waals surface area (Å²) in [5.41, 5.74) is 6.88. The number of aryl methyl sites for hydroxylation is 2. The highest BCUT2D eigenvalue weighted by molar-refractivity contribution is 5.50. The van der Waals surface area contributed by atoms with Gasteiger partial charge < -0.3 is 61.9 Å². The van der Waals surface area contributed by atoms with E-state index < -0.39 is 0 Å². The van der Waals surface area contributed by atoms with Gasteiger partial charge in [-0.2, -0.15) is 0 Å². The van der Waals surface area contributed by atoms with E-state index >= 15 is 0 Å². The monoisotopic (exact) mass is 1070 g/mol. The molecule has 6 aromatic carbocycles. The Hall–Kier alpha value is -6.48. The Labute approximate surface area is 462 Å². The smallest absolute Gasteiger partial charge is 0.188 e. The molecule has 0 fully saturated rings. The van der Waals surface area contributed by atoms with Gasteiger partial charge in [-0.3, -0.25) is 0 Å². The Bertz CT molecular complexity index is 2470. The van der Waals surface area contributed by atoms with E-state index in [0.29, 0.717) is 26.4 Å². The van der Waals surface area contributed by atoms with Gasteiger partial charge in [0.25, 0.3) is 0 Å². The van der Waals surface area contributed by atoms with Gasteiger partial charge in [0.1, 0.15) is 46.0 Å². The lowest BCUT2D eigenvalue weighted by atomic mass is 9.66. The third kappa shape index (κ3) is 16.3. The quantitative estimate of drug-likeness (QED) is 0.0339. The molecule has 0 radical (unpaired) electrons. The summed E-state index contributed by atoms with van der Waals surface area (Å²) in [6.45, 7) is 10.2. The molecule has 420 valence electrons. The summed E-state index contributed by atoms with van der Waals surface area (Å²) in [4.78, 5) is 0. The van der Waals surface area contributed by atoms with Crippen LogP contribution in [0, 0.1) is 0 Å². The van der Waals surface area contributed by atoms with Crippen LogP contribution in [0.15, 0.2) is 133 Å². The van der Waals surface area contributed by atoms with E-state index in [9.17, 15) is 0 Å². The van der Waals surface area contributed by atoms with E-state index in [4.69, 9.17) is 61.9 Å². The van der Waals surface area contributed by atoms with Crippen LogP contribution in [0.4, 0.5) is 0 Å². The minimum atomic E-state index is -0.240. The van der Waals surface area contributed by atoms with Crippen LogP contribution >= 0.6 is 0 Å². The fraction of sp³-hybridized carbons (Fsp3) is 0.446. The number of aliphatic hydroxyl groups excluding tert-OH is 1. The van der Waals surface area contributed by atoms with E-state index in [1.807, 2.05) is 60.7 Å². The van der Waals surface area contributed by atoms with Crippen molar-refractivity contribution in [2.24, 2.45) is 0 Å². The highest BCUT2D eigenvalue weighted by atomic mass is 16.7. The van der Waals surface area contributed by atoms with Gasteiger partial charge in [0.05, 0.1) is 26.4 Å². The van der Waals surface area contributed by atoms with Gasteiger partial charge in [0, 0.05) is 69.8 Å². The van der Waals surface area contributed by atoms with E-state index in [1.54, 1.807) is 28.4 Å². The van der Waals surface area contributed by atoms with Crippen molar-refractivity contribution < 1.29 is 61.9 Å². The second-order valence-corrected chi connectivity index (χ2v) is 20.4. The van der Waals surface area contributed by atoms with E-state index in [-0.39, 0.29) is 56.4 Å². The summed E-state index contributed by atoms with van der Waals surface area (Å²) < 4.78 is 67.7. The molecule has 78 heavy (non-hydrogen) atoms. The SMILES string of the molecule is CCCCc1ccc(OCCCC2c3ccc(OCOC)cc3OCC2(C)c2ccc(OCOC)cc2)cc1.COCOc1ccc(C2(C)COc3cc(OCOC)ccc3C2CCCOc2ccc(CCCO)cc2)cc1.